The number of hydrogen-bond donors (Lipinski definition) is 3. The Morgan fingerprint density at radius 3 is 3.00 bits per heavy atom. The summed E-state index contributed by atoms with van der Waals surface area (Å²) in [7, 11) is 0. The molecule has 0 fully saturated rings. The van der Waals surface area contributed by atoms with Gasteiger partial charge in [0.1, 0.15) is 0 Å². The van der Waals surface area contributed by atoms with Crippen molar-refractivity contribution < 1.29 is 14.0 Å². The van der Waals surface area contributed by atoms with E-state index in [1.807, 2.05) is 6.07 Å². The Morgan fingerprint density at radius 2 is 2.20 bits per heavy atom. The van der Waals surface area contributed by atoms with Crippen molar-refractivity contribution in [3.8, 4) is 10.8 Å². The number of nitrogens with one attached hydrogen (secondary N) is 2. The quantitative estimate of drug-likeness (QED) is 0.496. The van der Waals surface area contributed by atoms with Crippen molar-refractivity contribution in [3.63, 3.8) is 0 Å². The second kappa shape index (κ2) is 9.19. The number of fused-ring (bicyclic) bond motifs is 1. The number of anilines is 2. The highest BCUT2D eigenvalue weighted by Gasteiger charge is 2.24. The van der Waals surface area contributed by atoms with Crippen LogP contribution in [0.15, 0.2) is 41.0 Å². The predicted molar refractivity (Wildman–Crippen MR) is 115 cm³/mol. The lowest BCUT2D eigenvalue weighted by atomic mass is 9.95. The first kappa shape index (κ1) is 20.2. The van der Waals surface area contributed by atoms with Crippen LogP contribution in [0.5, 0.6) is 0 Å². The van der Waals surface area contributed by atoms with Gasteiger partial charge in [0.2, 0.25) is 11.0 Å². The first-order chi connectivity index (χ1) is 14.6. The van der Waals surface area contributed by atoms with E-state index in [0.29, 0.717) is 33.7 Å². The Morgan fingerprint density at radius 1 is 1.30 bits per heavy atom. The molecule has 30 heavy (non-hydrogen) atoms. The van der Waals surface area contributed by atoms with E-state index in [4.69, 9.17) is 10.2 Å². The Kier molecular flexibility index (Phi) is 6.20. The Bertz CT molecular complexity index is 1030. The van der Waals surface area contributed by atoms with Gasteiger partial charge in [0.05, 0.1) is 6.26 Å². The number of benzene rings is 1. The van der Waals surface area contributed by atoms with Crippen molar-refractivity contribution in [1.82, 2.24) is 10.2 Å². The van der Waals surface area contributed by atoms with Crippen molar-refractivity contribution in [1.29, 1.82) is 0 Å². The van der Waals surface area contributed by atoms with Crippen LogP contribution in [0, 0.1) is 5.92 Å². The fourth-order valence-corrected chi connectivity index (χ4v) is 4.21. The standard InChI is InChI=1S/C21H23N5O3S/c22-10-2-1-4-14-8-6-13-7-9-15(12-16(13)23-18(14)27)19(28)24-21-26-25-20(30-21)17-5-3-11-29-17/h3,5,7,9,11-12,14H,1-2,4,6,8,10,22H2,(H,23,27)(H,24,26,28). The molecule has 0 radical (unpaired) electrons. The average molecular weight is 426 g/mol. The van der Waals surface area contributed by atoms with E-state index in [0.717, 1.165) is 37.7 Å². The third kappa shape index (κ3) is 4.58. The smallest absolute Gasteiger partial charge is 0.257 e. The molecule has 1 aliphatic heterocycles. The van der Waals surface area contributed by atoms with E-state index in [9.17, 15) is 9.59 Å². The number of rotatable bonds is 7. The molecule has 156 valence electrons. The zero-order chi connectivity index (χ0) is 20.9. The van der Waals surface area contributed by atoms with Crippen LogP contribution < -0.4 is 16.4 Å². The number of carbonyl (C=O) groups excluding carboxylic acids is 2. The van der Waals surface area contributed by atoms with Gasteiger partial charge in [-0.05, 0) is 62.1 Å². The lowest BCUT2D eigenvalue weighted by Gasteiger charge is -2.12. The van der Waals surface area contributed by atoms with E-state index in [1.54, 1.807) is 30.5 Å². The van der Waals surface area contributed by atoms with Gasteiger partial charge in [0, 0.05) is 17.2 Å². The topological polar surface area (TPSA) is 123 Å². The van der Waals surface area contributed by atoms with Crippen LogP contribution in [0.2, 0.25) is 0 Å². The van der Waals surface area contributed by atoms with Gasteiger partial charge in [-0.15, -0.1) is 10.2 Å². The molecule has 3 aromatic rings. The summed E-state index contributed by atoms with van der Waals surface area (Å²) in [6, 6.07) is 8.94. The van der Waals surface area contributed by atoms with E-state index in [2.05, 4.69) is 20.8 Å². The second-order valence-corrected chi connectivity index (χ2v) is 8.20. The molecule has 9 heteroatoms. The molecule has 2 aromatic heterocycles. The molecule has 4 N–H and O–H groups in total. The van der Waals surface area contributed by atoms with Crippen LogP contribution in [0.3, 0.4) is 0 Å². The number of carbonyl (C=O) groups is 2. The number of furan rings is 1. The molecule has 0 aliphatic carbocycles. The SMILES string of the molecule is NCCCCC1CCc2ccc(C(=O)Nc3nnc(-c4ccco4)s3)cc2NC1=O. The fraction of sp³-hybridized carbons (Fsp3) is 0.333. The summed E-state index contributed by atoms with van der Waals surface area (Å²) in [6.45, 7) is 0.644. The molecule has 0 spiro atoms. The predicted octanol–water partition coefficient (Wildman–Crippen LogP) is 3.68. The number of nitrogens with two attached hydrogens (primary N) is 1. The highest BCUT2D eigenvalue weighted by atomic mass is 32.1. The zero-order valence-corrected chi connectivity index (χ0v) is 17.2. The maximum atomic E-state index is 12.7. The summed E-state index contributed by atoms with van der Waals surface area (Å²) in [6.07, 6.45) is 5.86. The minimum Gasteiger partial charge on any atom is -0.462 e. The molecule has 1 unspecified atom stereocenters. The minimum absolute atomic E-state index is 0.00976. The van der Waals surface area contributed by atoms with Crippen molar-refractivity contribution in [3.05, 3.63) is 47.7 Å². The largest absolute Gasteiger partial charge is 0.462 e. The minimum atomic E-state index is -0.307. The summed E-state index contributed by atoms with van der Waals surface area (Å²) in [5, 5.41) is 14.7. The van der Waals surface area contributed by atoms with Crippen LogP contribution >= 0.6 is 11.3 Å². The van der Waals surface area contributed by atoms with E-state index >= 15 is 0 Å². The maximum Gasteiger partial charge on any atom is 0.257 e. The molecule has 1 aromatic carbocycles. The zero-order valence-electron chi connectivity index (χ0n) is 16.4. The van der Waals surface area contributed by atoms with E-state index < -0.39 is 0 Å². The van der Waals surface area contributed by atoms with Crippen molar-refractivity contribution >= 4 is 34.0 Å². The molecular formula is C21H23N5O3S. The van der Waals surface area contributed by atoms with Crippen molar-refractivity contribution in [2.24, 2.45) is 11.7 Å². The van der Waals surface area contributed by atoms with E-state index in [1.165, 1.54) is 11.3 Å². The molecular weight excluding hydrogens is 402 g/mol. The summed E-state index contributed by atoms with van der Waals surface area (Å²) >= 11 is 1.23. The number of unbranched alkanes of at least 4 members (excludes halogenated alkanes) is 1. The number of amides is 2. The lowest BCUT2D eigenvalue weighted by Crippen LogP contribution is -2.21. The van der Waals surface area contributed by atoms with Crippen LogP contribution in [0.1, 0.15) is 41.6 Å². The summed E-state index contributed by atoms with van der Waals surface area (Å²) in [5.74, 6) is 0.276. The molecule has 1 aliphatic rings. The van der Waals surface area contributed by atoms with Gasteiger partial charge in [-0.2, -0.15) is 0 Å². The van der Waals surface area contributed by atoms with Gasteiger partial charge in [-0.25, -0.2) is 0 Å². The Balaban J connectivity index is 1.44. The number of hydrogen-bond acceptors (Lipinski definition) is 7. The monoisotopic (exact) mass is 425 g/mol. The van der Waals surface area contributed by atoms with Crippen molar-refractivity contribution in [2.75, 3.05) is 17.2 Å². The Hall–Kier alpha value is -3.04. The van der Waals surface area contributed by atoms with Crippen LogP contribution in [0.4, 0.5) is 10.8 Å². The number of aromatic nitrogens is 2. The van der Waals surface area contributed by atoms with Gasteiger partial charge < -0.3 is 15.5 Å². The van der Waals surface area contributed by atoms with Crippen LogP contribution in [-0.4, -0.2) is 28.6 Å². The molecule has 4 rings (SSSR count). The molecule has 0 bridgehead atoms. The highest BCUT2D eigenvalue weighted by Crippen LogP contribution is 2.29. The van der Waals surface area contributed by atoms with Gasteiger partial charge in [-0.3, -0.25) is 14.9 Å². The van der Waals surface area contributed by atoms with E-state index in [-0.39, 0.29) is 17.7 Å². The second-order valence-electron chi connectivity index (χ2n) is 7.23. The first-order valence-corrected chi connectivity index (χ1v) is 10.8. The molecule has 8 nitrogen and oxygen atoms in total. The Labute approximate surface area is 177 Å². The lowest BCUT2D eigenvalue weighted by molar-refractivity contribution is -0.120. The molecule has 3 heterocycles. The number of aryl methyl sites for hydroxylation is 1. The van der Waals surface area contributed by atoms with Gasteiger partial charge >= 0.3 is 0 Å². The fourth-order valence-electron chi connectivity index (χ4n) is 3.50. The van der Waals surface area contributed by atoms with Crippen molar-refractivity contribution in [2.45, 2.75) is 32.1 Å². The normalized spacial score (nSPS) is 15.9. The van der Waals surface area contributed by atoms with Gasteiger partial charge in [-0.1, -0.05) is 23.8 Å². The summed E-state index contributed by atoms with van der Waals surface area (Å²) < 4.78 is 5.29. The molecule has 0 saturated heterocycles. The van der Waals surface area contributed by atoms with Gasteiger partial charge in [0.25, 0.3) is 5.91 Å². The summed E-state index contributed by atoms with van der Waals surface area (Å²) in [4.78, 5) is 25.3. The summed E-state index contributed by atoms with van der Waals surface area (Å²) in [5.41, 5.74) is 7.74. The maximum absolute atomic E-state index is 12.7. The third-order valence-corrected chi connectivity index (χ3v) is 6.00. The third-order valence-electron chi connectivity index (χ3n) is 5.15. The molecule has 2 amide bonds. The molecule has 1 atom stereocenters. The molecule has 0 saturated carbocycles. The van der Waals surface area contributed by atoms with Crippen LogP contribution in [-0.2, 0) is 11.2 Å². The average Bonchev–Trinajstić information content (AvgIpc) is 3.40. The first-order valence-electron chi connectivity index (χ1n) is 9.96. The highest BCUT2D eigenvalue weighted by molar-refractivity contribution is 7.18. The number of nitrogens with zero attached hydrogens (tertiary/aromatic N) is 2. The van der Waals surface area contributed by atoms with Gasteiger partial charge in [0.15, 0.2) is 10.8 Å². The van der Waals surface area contributed by atoms with Crippen LogP contribution in [0.25, 0.3) is 10.8 Å².